The smallest absolute Gasteiger partial charge is 0.304 e. The summed E-state index contributed by atoms with van der Waals surface area (Å²) < 4.78 is 82.7. The van der Waals surface area contributed by atoms with Crippen molar-refractivity contribution in [1.82, 2.24) is 23.7 Å². The number of thioether (sulfide) groups is 1. The molecular weight excluding hydrogens is 1040 g/mol. The van der Waals surface area contributed by atoms with Crippen molar-refractivity contribution in [3.8, 4) is 11.5 Å². The molecule has 0 atom stereocenters. The molecule has 8 N–H and O–H groups in total. The van der Waals surface area contributed by atoms with Crippen LogP contribution in [-0.4, -0.2) is 90.0 Å². The number of anilines is 8. The third-order valence-corrected chi connectivity index (χ3v) is 17.5. The van der Waals surface area contributed by atoms with Gasteiger partial charge in [-0.05, 0) is 80.6 Å². The molecule has 0 saturated carbocycles. The van der Waals surface area contributed by atoms with Gasteiger partial charge in [0.2, 0.25) is 11.9 Å². The number of methoxy groups -OCH3 is 2. The van der Waals surface area contributed by atoms with E-state index >= 15 is 0 Å². The number of aromatic nitrogens is 5. The zero-order valence-electron chi connectivity index (χ0n) is 38.3. The first-order chi connectivity index (χ1) is 33.5. The lowest BCUT2D eigenvalue weighted by Gasteiger charge is -2.25. The van der Waals surface area contributed by atoms with E-state index in [9.17, 15) is 21.4 Å². The van der Waals surface area contributed by atoms with E-state index in [1.165, 1.54) is 23.9 Å². The molecule has 5 aromatic heterocycles. The molecule has 0 aliphatic heterocycles. The summed E-state index contributed by atoms with van der Waals surface area (Å²) in [5.41, 5.74) is 16.8. The van der Waals surface area contributed by atoms with E-state index in [1.54, 1.807) is 26.4 Å². The van der Waals surface area contributed by atoms with E-state index in [4.69, 9.17) is 40.4 Å². The number of azo groups is 1. The first kappa shape index (κ1) is 51.9. The molecule has 21 nitrogen and oxygen atoms in total. The zero-order chi connectivity index (χ0) is 50.3. The molecule has 0 bridgehead atoms. The fourth-order valence-electron chi connectivity index (χ4n) is 6.76. The van der Waals surface area contributed by atoms with Gasteiger partial charge in [-0.3, -0.25) is 9.11 Å². The average molecular weight is 1090 g/mol. The summed E-state index contributed by atoms with van der Waals surface area (Å²) >= 11 is 5.38. The Morgan fingerprint density at radius 1 is 0.686 bits per heavy atom. The largest absolute Gasteiger partial charge is 0.495 e. The molecular formula is C42H47N13O8S7. The number of nitrogens with one attached hydrogen (secondary N) is 2. The summed E-state index contributed by atoms with van der Waals surface area (Å²) in [5, 5.41) is 18.1. The lowest BCUT2D eigenvalue weighted by atomic mass is 10.2. The molecule has 3 aromatic carbocycles. The second-order valence-electron chi connectivity index (χ2n) is 14.5. The predicted octanol–water partition coefficient (Wildman–Crippen LogP) is 10.5. The summed E-state index contributed by atoms with van der Waals surface area (Å²) in [6, 6.07) is 20.0. The minimum atomic E-state index is -4.41. The average Bonchev–Trinajstić information content (AvgIpc) is 4.14. The zero-order valence-corrected chi connectivity index (χ0v) is 44.0. The van der Waals surface area contributed by atoms with Gasteiger partial charge >= 0.3 is 20.2 Å². The quantitative estimate of drug-likeness (QED) is 0.0190. The third kappa shape index (κ3) is 12.1. The number of rotatable bonds is 19. The maximum atomic E-state index is 11.8. The minimum Gasteiger partial charge on any atom is -0.495 e. The Morgan fingerprint density at radius 2 is 1.21 bits per heavy atom. The van der Waals surface area contributed by atoms with E-state index < -0.39 is 20.2 Å². The van der Waals surface area contributed by atoms with Gasteiger partial charge in [0.15, 0.2) is 10.2 Å². The first-order valence-electron chi connectivity index (χ1n) is 21.0. The first-order valence-corrected chi connectivity index (χ1v) is 28.1. The fraction of sp³-hybridized carbons (Fsp3) is 0.262. The van der Waals surface area contributed by atoms with E-state index in [0.29, 0.717) is 88.7 Å². The number of nitrogens with zero attached hydrogens (tertiary/aromatic N) is 9. The van der Waals surface area contributed by atoms with E-state index in [1.807, 2.05) is 42.5 Å². The molecule has 0 saturated heterocycles. The third-order valence-electron chi connectivity index (χ3n) is 10.2. The monoisotopic (exact) mass is 1090 g/mol. The highest BCUT2D eigenvalue weighted by Crippen LogP contribution is 2.44. The van der Waals surface area contributed by atoms with Gasteiger partial charge < -0.3 is 41.4 Å². The van der Waals surface area contributed by atoms with E-state index in [0.717, 1.165) is 75.8 Å². The lowest BCUT2D eigenvalue weighted by Crippen LogP contribution is -2.22. The van der Waals surface area contributed by atoms with Crippen LogP contribution in [0.25, 0.3) is 20.4 Å². The van der Waals surface area contributed by atoms with Crippen molar-refractivity contribution in [2.75, 3.05) is 72.3 Å². The SMILES string of the molecule is CCN(CC)c1cc(Nc2nc(Nc3cc(N(CC)CC)c(OC)cc3N=Nc3snc4sc(S(=O)(=O)O)cc34)nc(SCc3ccccc3)n2)c(N)cc1OC.Nc1snc2sc(S(=O)(=O)O)cc12. The number of nitrogen functional groups attached to an aromatic ring is 2. The number of thiophene rings is 2. The lowest BCUT2D eigenvalue weighted by molar-refractivity contribution is 0.414. The summed E-state index contributed by atoms with van der Waals surface area (Å²) in [7, 11) is -5.33. The van der Waals surface area contributed by atoms with Crippen molar-refractivity contribution in [3.05, 3.63) is 72.3 Å². The Labute approximate surface area is 423 Å². The van der Waals surface area contributed by atoms with Crippen molar-refractivity contribution in [2.24, 2.45) is 10.2 Å². The van der Waals surface area contributed by atoms with Crippen molar-refractivity contribution >= 4 is 154 Å². The van der Waals surface area contributed by atoms with Crippen molar-refractivity contribution in [1.29, 1.82) is 0 Å². The van der Waals surface area contributed by atoms with Crippen molar-refractivity contribution in [3.63, 3.8) is 0 Å². The van der Waals surface area contributed by atoms with Crippen LogP contribution in [0.1, 0.15) is 33.3 Å². The number of ether oxygens (including phenoxy) is 2. The normalized spacial score (nSPS) is 11.8. The Bertz CT molecular complexity index is 3380. The molecule has 0 aliphatic carbocycles. The minimum absolute atomic E-state index is 0.121. The molecule has 70 heavy (non-hydrogen) atoms. The summed E-state index contributed by atoms with van der Waals surface area (Å²) in [5.74, 6) is 2.31. The number of fused-ring (bicyclic) bond motifs is 2. The van der Waals surface area contributed by atoms with E-state index in [2.05, 4.69) is 67.1 Å². The molecule has 0 spiro atoms. The second kappa shape index (κ2) is 22.4. The van der Waals surface area contributed by atoms with Gasteiger partial charge in [0.05, 0.1) is 48.0 Å². The molecule has 0 amide bonds. The Balaban J connectivity index is 0.000000476. The number of hydrogen-bond acceptors (Lipinski definition) is 24. The second-order valence-corrected chi connectivity index (χ2v) is 22.4. The molecule has 28 heteroatoms. The Kier molecular flexibility index (Phi) is 16.6. The number of hydrogen-bond donors (Lipinski definition) is 6. The van der Waals surface area contributed by atoms with Crippen LogP contribution in [0.4, 0.5) is 56.0 Å². The Morgan fingerprint density at radius 3 is 1.77 bits per heavy atom. The molecule has 8 aromatic rings. The van der Waals surface area contributed by atoms with Crippen molar-refractivity contribution in [2.45, 2.75) is 47.0 Å². The van der Waals surface area contributed by atoms with Crippen LogP contribution in [0.15, 0.2) is 90.5 Å². The van der Waals surface area contributed by atoms with Gasteiger partial charge in [0.25, 0.3) is 0 Å². The topological polar surface area (TPSA) is 299 Å². The highest BCUT2D eigenvalue weighted by Gasteiger charge is 2.22. The molecule has 370 valence electrons. The Hall–Kier alpha value is -5.98. The van der Waals surface area contributed by atoms with Gasteiger partial charge in [0.1, 0.15) is 40.3 Å². The van der Waals surface area contributed by atoms with Crippen LogP contribution in [0.2, 0.25) is 0 Å². The molecule has 0 fully saturated rings. The van der Waals surface area contributed by atoms with Crippen molar-refractivity contribution < 1.29 is 35.4 Å². The van der Waals surface area contributed by atoms with Crippen LogP contribution in [-0.2, 0) is 26.0 Å². The molecule has 8 rings (SSSR count). The maximum Gasteiger partial charge on any atom is 0.304 e. The standard InChI is InChI=1S/C37H43N11O5S4.C5H4N2O3S3/c1-7-47(8-2)28-18-25(24(38)17-30(28)52-5)39-35-41-36(43-37(42-35)54-21-22-14-12-11-13-15-22)40-26-19-29(48(9-3)10-4)31(53-6)20-27(26)44-45-33-23-16-32(57(49,50)51)55-34(23)46-56-33;6-4-2-1-3(13(8,9)10)11-5(2)7-12-4/h11-20H,7-10,21,38H2,1-6H3,(H,49,50,51)(H2,39,40,41,42,43);1H,6H2,(H,8,9,10). The molecule has 5 heterocycles. The van der Waals surface area contributed by atoms with Crippen LogP contribution < -0.4 is 41.4 Å². The summed E-state index contributed by atoms with van der Waals surface area (Å²) in [6.07, 6.45) is 0. The van der Waals surface area contributed by atoms with Gasteiger partial charge in [-0.2, -0.15) is 40.5 Å². The van der Waals surface area contributed by atoms with Gasteiger partial charge in [0, 0.05) is 49.5 Å². The van der Waals surface area contributed by atoms with Gasteiger partial charge in [-0.25, -0.2) is 0 Å². The molecule has 0 unspecified atom stereocenters. The van der Waals surface area contributed by atoms with Crippen LogP contribution in [0, 0.1) is 0 Å². The van der Waals surface area contributed by atoms with Gasteiger partial charge in [-0.1, -0.05) is 42.1 Å². The number of benzene rings is 3. The van der Waals surface area contributed by atoms with Gasteiger partial charge in [-0.15, -0.1) is 32.9 Å². The maximum absolute atomic E-state index is 11.8. The fourth-order valence-corrected chi connectivity index (χ4v) is 12.5. The molecule has 0 aliphatic rings. The van der Waals surface area contributed by atoms with E-state index in [-0.39, 0.29) is 20.3 Å². The summed E-state index contributed by atoms with van der Waals surface area (Å²) in [6.45, 7) is 11.2. The summed E-state index contributed by atoms with van der Waals surface area (Å²) in [4.78, 5) is 19.6. The van der Waals surface area contributed by atoms with Crippen LogP contribution >= 0.6 is 57.5 Å². The van der Waals surface area contributed by atoms with Crippen LogP contribution in [0.5, 0.6) is 11.5 Å². The highest BCUT2D eigenvalue weighted by molar-refractivity contribution is 7.98. The highest BCUT2D eigenvalue weighted by atomic mass is 32.3. The predicted molar refractivity (Wildman–Crippen MR) is 283 cm³/mol. The number of nitrogens with two attached hydrogens (primary N) is 2. The molecule has 0 radical (unpaired) electrons. The van der Waals surface area contributed by atoms with Crippen LogP contribution in [0.3, 0.4) is 0 Å².